The maximum Gasteiger partial charge on any atom is 1.00 e. The molecule has 3 N–H and O–H groups in total. The normalized spacial score (nSPS) is 5.40. The molecule has 10 heavy (non-hydrogen) atoms. The van der Waals surface area contributed by atoms with Crippen LogP contribution in [0.25, 0.3) is 0 Å². The predicted molar refractivity (Wildman–Crippen MR) is 25.2 cm³/mol. The van der Waals surface area contributed by atoms with Crippen LogP contribution in [0.1, 0.15) is 0 Å². The van der Waals surface area contributed by atoms with Crippen molar-refractivity contribution in [1.29, 1.82) is 0 Å². The van der Waals surface area contributed by atoms with Crippen molar-refractivity contribution in [3.05, 3.63) is 18.9 Å². The van der Waals surface area contributed by atoms with Gasteiger partial charge in [-0.3, -0.25) is 0 Å². The molecule has 1 aromatic rings. The van der Waals surface area contributed by atoms with Crippen molar-refractivity contribution < 1.29 is 54.5 Å². The summed E-state index contributed by atoms with van der Waals surface area (Å²) in [6, 6.07) is 0. The molecule has 0 atom stereocenters. The van der Waals surface area contributed by atoms with Gasteiger partial charge >= 0.3 is 36.0 Å². The van der Waals surface area contributed by atoms with Crippen LogP contribution in [0.15, 0.2) is 23.3 Å². The Morgan fingerprint density at radius 2 is 2.10 bits per heavy atom. The third-order valence-electron chi connectivity index (χ3n) is 0.379. The van der Waals surface area contributed by atoms with E-state index in [0.29, 0.717) is 0 Å². The van der Waals surface area contributed by atoms with Gasteiger partial charge < -0.3 is 19.9 Å². The molecule has 51 valence electrons. The first-order chi connectivity index (χ1) is 3.91. The predicted octanol–water partition coefficient (Wildman–Crippen LogP) is -5.21. The summed E-state index contributed by atoms with van der Waals surface area (Å²) in [4.78, 5) is 2.69. The summed E-state index contributed by atoms with van der Waals surface area (Å²) in [6.07, 6.45) is 4.78. The average Bonchev–Trinajstić information content (AvgIpc) is 2.17. The number of hydrogen-bond acceptors (Lipinski definition) is 4. The molecule has 0 unspecified atom stereocenters. The van der Waals surface area contributed by atoms with Crippen LogP contribution in [0.2, 0.25) is 0 Å². The number of oxazole rings is 1. The van der Waals surface area contributed by atoms with Crippen LogP contribution in [0.3, 0.4) is 0 Å². The van der Waals surface area contributed by atoms with Crippen LogP contribution >= 0.6 is 0 Å². The molecule has 0 aromatic carbocycles. The Hall–Kier alpha value is 0.155. The van der Waals surface area contributed by atoms with Gasteiger partial charge in [-0.15, -0.1) is 0 Å². The summed E-state index contributed by atoms with van der Waals surface area (Å²) in [5.41, 5.74) is 0. The molecule has 1 radical (unpaired) electrons. The van der Waals surface area contributed by atoms with E-state index in [4.69, 9.17) is 10.0 Å². The third kappa shape index (κ3) is 15.7. The number of aromatic nitrogens is 1. The molecular weight excluding hydrogens is 148 g/mol. The minimum atomic E-state index is -0.250. The molecule has 0 amide bonds. The first kappa shape index (κ1) is 16.6. The summed E-state index contributed by atoms with van der Waals surface area (Å²) in [7, 11) is -0.250. The van der Waals surface area contributed by atoms with Gasteiger partial charge in [-0.1, -0.05) is 0 Å². The monoisotopic (exact) mass is 154 g/mol. The fraction of sp³-hybridized carbons (Fsp3) is 0. The van der Waals surface area contributed by atoms with Gasteiger partial charge in [0.2, 0.25) is 6.20 Å². The molecule has 0 saturated heterocycles. The van der Waals surface area contributed by atoms with E-state index < -0.39 is 0 Å². The van der Waals surface area contributed by atoms with Crippen molar-refractivity contribution in [2.75, 3.05) is 0 Å². The van der Waals surface area contributed by atoms with Gasteiger partial charge in [-0.25, -0.2) is 0 Å². The van der Waals surface area contributed by atoms with E-state index in [1.807, 2.05) is 0 Å². The zero-order chi connectivity index (χ0) is 6.24. The Morgan fingerprint density at radius 1 is 1.60 bits per heavy atom. The van der Waals surface area contributed by atoms with E-state index in [9.17, 15) is 0 Å². The smallest absolute Gasteiger partial charge is 0.870 e. The molecular formula is C3H6BNNaO4. The van der Waals surface area contributed by atoms with Crippen molar-refractivity contribution >= 4 is 7.69 Å². The molecule has 0 aliphatic carbocycles. The molecule has 1 aromatic heterocycles. The van der Waals surface area contributed by atoms with Crippen LogP contribution in [-0.4, -0.2) is 18.2 Å². The summed E-state index contributed by atoms with van der Waals surface area (Å²) in [5.74, 6) is 0. The summed E-state index contributed by atoms with van der Waals surface area (Å²) < 4.78 is 4.53. The number of aromatic amines is 1. The maximum absolute atomic E-state index is 8.36. The molecule has 0 aliphatic heterocycles. The Labute approximate surface area is 81.0 Å². The second kappa shape index (κ2) is 16.1. The quantitative estimate of drug-likeness (QED) is 0.377. The Bertz CT molecular complexity index is 87.4. The summed E-state index contributed by atoms with van der Waals surface area (Å²) in [6.45, 7) is 0. The average molecular weight is 154 g/mol. The van der Waals surface area contributed by atoms with Crippen molar-refractivity contribution in [3.8, 4) is 0 Å². The maximum atomic E-state index is 8.36. The van der Waals surface area contributed by atoms with E-state index in [1.165, 1.54) is 6.39 Å². The van der Waals surface area contributed by atoms with E-state index in [2.05, 4.69) is 9.40 Å². The van der Waals surface area contributed by atoms with E-state index in [-0.39, 0.29) is 42.7 Å². The minimum Gasteiger partial charge on any atom is -0.870 e. The van der Waals surface area contributed by atoms with Gasteiger partial charge in [0.05, 0.1) is 0 Å². The molecule has 7 heteroatoms. The molecule has 1 rings (SSSR count). The number of hydrogen-bond donors (Lipinski definition) is 1. The van der Waals surface area contributed by atoms with Crippen LogP contribution in [0.5, 0.6) is 0 Å². The van der Waals surface area contributed by atoms with Gasteiger partial charge in [0.1, 0.15) is 0 Å². The van der Waals surface area contributed by atoms with Gasteiger partial charge in [0, 0.05) is 0 Å². The molecule has 1 heterocycles. The van der Waals surface area contributed by atoms with E-state index in [1.54, 1.807) is 12.5 Å². The fourth-order valence-electron chi connectivity index (χ4n) is 0.196. The third-order valence-corrected chi connectivity index (χ3v) is 0.379. The van der Waals surface area contributed by atoms with Crippen molar-refractivity contribution in [2.24, 2.45) is 0 Å². The second-order valence-corrected chi connectivity index (χ2v) is 0.829. The summed E-state index contributed by atoms with van der Waals surface area (Å²) >= 11 is 0. The number of nitrogens with one attached hydrogen (secondary N) is 1. The van der Waals surface area contributed by atoms with Gasteiger partial charge in [0.15, 0.2) is 13.9 Å². The van der Waals surface area contributed by atoms with Crippen LogP contribution in [0, 0.1) is 0 Å². The van der Waals surface area contributed by atoms with E-state index in [0.717, 1.165) is 0 Å². The van der Waals surface area contributed by atoms with Crippen LogP contribution in [-0.2, 0) is 0 Å². The van der Waals surface area contributed by atoms with Crippen molar-refractivity contribution in [2.45, 2.75) is 0 Å². The minimum absolute atomic E-state index is 0. The first-order valence-electron chi connectivity index (χ1n) is 1.88. The molecule has 0 aliphatic rings. The number of rotatable bonds is 0. The SMILES string of the molecule is [Na+].[O-][B]O.[OH-].c1coc[nH+]1. The molecule has 0 saturated carbocycles. The molecule has 0 bridgehead atoms. The van der Waals surface area contributed by atoms with Gasteiger partial charge in [0.25, 0.3) is 0 Å². The van der Waals surface area contributed by atoms with Crippen molar-refractivity contribution in [3.63, 3.8) is 0 Å². The van der Waals surface area contributed by atoms with E-state index >= 15 is 0 Å². The molecule has 5 nitrogen and oxygen atoms in total. The Morgan fingerprint density at radius 3 is 2.20 bits per heavy atom. The van der Waals surface area contributed by atoms with Gasteiger partial charge in [-0.05, 0) is 0 Å². The summed E-state index contributed by atoms with van der Waals surface area (Å²) in [5, 5.41) is 15.2. The van der Waals surface area contributed by atoms with Crippen LogP contribution in [0.4, 0.5) is 0 Å². The molecule has 0 spiro atoms. The first-order valence-corrected chi connectivity index (χ1v) is 1.88. The Balaban J connectivity index is -0.0000000900. The zero-order valence-corrected chi connectivity index (χ0v) is 7.52. The fourth-order valence-corrected chi connectivity index (χ4v) is 0.196. The second-order valence-electron chi connectivity index (χ2n) is 0.829. The molecule has 0 fully saturated rings. The van der Waals surface area contributed by atoms with Crippen molar-refractivity contribution in [1.82, 2.24) is 0 Å². The van der Waals surface area contributed by atoms with Gasteiger partial charge in [-0.2, -0.15) is 4.98 Å². The topological polar surface area (TPSA) is 101 Å². The largest absolute Gasteiger partial charge is 1.00 e. The zero-order valence-electron chi connectivity index (χ0n) is 5.52. The number of H-pyrrole nitrogens is 1. The Kier molecular flexibility index (Phi) is 26.7. The van der Waals surface area contributed by atoms with Crippen LogP contribution < -0.4 is 39.6 Å². The standard InChI is InChI=1S/C3H3NO.BHO2.Na.H2O/c1-2-5-3-4-1;2-1-3;;/h1-3H;2H;;1H2/q;-1;+1;.